The van der Waals surface area contributed by atoms with Crippen molar-refractivity contribution in [2.75, 3.05) is 0 Å². The van der Waals surface area contributed by atoms with Crippen molar-refractivity contribution >= 4 is 0 Å². The first-order valence-electron chi connectivity index (χ1n) is 9.27. The molecule has 1 unspecified atom stereocenters. The van der Waals surface area contributed by atoms with E-state index < -0.39 is 5.79 Å². The molecule has 0 radical (unpaired) electrons. The van der Waals surface area contributed by atoms with Crippen LogP contribution in [0.25, 0.3) is 0 Å². The van der Waals surface area contributed by atoms with Crippen molar-refractivity contribution < 1.29 is 19.3 Å². The highest BCUT2D eigenvalue weighted by Crippen LogP contribution is 2.72. The summed E-state index contributed by atoms with van der Waals surface area (Å²) < 4.78 is 19.0. The third-order valence-corrected chi connectivity index (χ3v) is 6.92. The zero-order chi connectivity index (χ0) is 18.1. The first kappa shape index (κ1) is 18.1. The van der Waals surface area contributed by atoms with Gasteiger partial charge in [0.15, 0.2) is 6.10 Å². The average Bonchev–Trinajstić information content (AvgIpc) is 2.84. The molecule has 2 saturated carbocycles. The Bertz CT molecular complexity index is 534. The number of fused-ring (bicyclic) bond motifs is 3. The van der Waals surface area contributed by atoms with E-state index in [2.05, 4.69) is 34.6 Å². The van der Waals surface area contributed by atoms with Crippen molar-refractivity contribution in [3.8, 4) is 0 Å². The summed E-state index contributed by atoms with van der Waals surface area (Å²) in [4.78, 5) is 0. The van der Waals surface area contributed by atoms with Crippen LogP contribution < -0.4 is 0 Å². The SMILES string of the molecule is C[C@@H]1OC2(O[C@@H]1C)[C@H]1CC[C@@](C)([C@@H]2O/C(O)=C/C(C)(C)C)C1(C)C. The van der Waals surface area contributed by atoms with Gasteiger partial charge in [-0.05, 0) is 37.5 Å². The topological polar surface area (TPSA) is 47.9 Å². The van der Waals surface area contributed by atoms with E-state index in [-0.39, 0.29) is 46.4 Å². The van der Waals surface area contributed by atoms with Crippen LogP contribution >= 0.6 is 0 Å². The van der Waals surface area contributed by atoms with E-state index in [0.717, 1.165) is 12.8 Å². The van der Waals surface area contributed by atoms with Gasteiger partial charge in [-0.25, -0.2) is 0 Å². The van der Waals surface area contributed by atoms with Gasteiger partial charge in [-0.1, -0.05) is 41.5 Å². The van der Waals surface area contributed by atoms with Gasteiger partial charge in [-0.2, -0.15) is 0 Å². The average molecular weight is 338 g/mol. The summed E-state index contributed by atoms with van der Waals surface area (Å²) in [7, 11) is 0. The number of aliphatic hydroxyl groups excluding tert-OH is 1. The van der Waals surface area contributed by atoms with Crippen LogP contribution in [0.15, 0.2) is 12.0 Å². The molecule has 3 aliphatic rings. The van der Waals surface area contributed by atoms with Gasteiger partial charge >= 0.3 is 0 Å². The summed E-state index contributed by atoms with van der Waals surface area (Å²) >= 11 is 0. The smallest absolute Gasteiger partial charge is 0.273 e. The van der Waals surface area contributed by atoms with Crippen LogP contribution in [0.1, 0.15) is 68.2 Å². The molecule has 1 saturated heterocycles. The van der Waals surface area contributed by atoms with Crippen molar-refractivity contribution in [2.45, 2.75) is 92.3 Å². The number of hydrogen-bond acceptors (Lipinski definition) is 4. The molecule has 2 aliphatic carbocycles. The molecule has 138 valence electrons. The van der Waals surface area contributed by atoms with Crippen molar-refractivity contribution in [2.24, 2.45) is 22.2 Å². The van der Waals surface area contributed by atoms with Gasteiger partial charge < -0.3 is 19.3 Å². The van der Waals surface area contributed by atoms with Crippen molar-refractivity contribution in [1.29, 1.82) is 0 Å². The highest BCUT2D eigenvalue weighted by Gasteiger charge is 2.78. The molecular formula is C20H34O4. The Kier molecular flexibility index (Phi) is 3.87. The van der Waals surface area contributed by atoms with Crippen LogP contribution in [0.5, 0.6) is 0 Å². The Labute approximate surface area is 146 Å². The first-order chi connectivity index (χ1) is 10.8. The molecule has 6 atom stereocenters. The van der Waals surface area contributed by atoms with Crippen molar-refractivity contribution in [3.63, 3.8) is 0 Å². The van der Waals surface area contributed by atoms with Gasteiger partial charge in [0.25, 0.3) is 5.95 Å². The lowest BCUT2D eigenvalue weighted by atomic mass is 9.70. The third kappa shape index (κ3) is 2.33. The van der Waals surface area contributed by atoms with Crippen LogP contribution in [-0.2, 0) is 14.2 Å². The minimum atomic E-state index is -0.755. The molecule has 1 spiro atoms. The first-order valence-corrected chi connectivity index (χ1v) is 9.27. The van der Waals surface area contributed by atoms with Crippen molar-refractivity contribution in [3.05, 3.63) is 12.0 Å². The van der Waals surface area contributed by atoms with Crippen LogP contribution in [0.4, 0.5) is 0 Å². The molecule has 1 N–H and O–H groups in total. The predicted molar refractivity (Wildman–Crippen MR) is 93.5 cm³/mol. The lowest BCUT2D eigenvalue weighted by Crippen LogP contribution is -2.53. The second-order valence-corrected chi connectivity index (χ2v) is 9.94. The fourth-order valence-electron chi connectivity index (χ4n) is 5.15. The summed E-state index contributed by atoms with van der Waals surface area (Å²) in [5.41, 5.74) is -0.214. The quantitative estimate of drug-likeness (QED) is 0.735. The summed E-state index contributed by atoms with van der Waals surface area (Å²) in [6.45, 7) is 17.1. The molecule has 4 nitrogen and oxygen atoms in total. The van der Waals surface area contributed by atoms with E-state index >= 15 is 0 Å². The molecule has 0 aromatic heterocycles. The lowest BCUT2D eigenvalue weighted by Gasteiger charge is -2.42. The fraction of sp³-hybridized carbons (Fsp3) is 0.900. The summed E-state index contributed by atoms with van der Waals surface area (Å²) in [6.07, 6.45) is 3.67. The van der Waals surface area contributed by atoms with E-state index in [1.807, 2.05) is 20.8 Å². The second-order valence-electron chi connectivity index (χ2n) is 9.94. The van der Waals surface area contributed by atoms with E-state index in [1.54, 1.807) is 6.08 Å². The number of rotatable bonds is 2. The molecule has 24 heavy (non-hydrogen) atoms. The van der Waals surface area contributed by atoms with Crippen LogP contribution in [-0.4, -0.2) is 29.2 Å². The van der Waals surface area contributed by atoms with Gasteiger partial charge in [0.2, 0.25) is 5.79 Å². The zero-order valence-electron chi connectivity index (χ0n) is 16.5. The Balaban J connectivity index is 2.00. The maximum Gasteiger partial charge on any atom is 0.273 e. The molecule has 1 heterocycles. The largest absolute Gasteiger partial charge is 0.481 e. The van der Waals surface area contributed by atoms with Crippen molar-refractivity contribution in [1.82, 2.24) is 0 Å². The van der Waals surface area contributed by atoms with E-state index in [4.69, 9.17) is 14.2 Å². The standard InChI is InChI=1S/C20H34O4/c1-12-13(2)24-20(23-12)14-9-10-19(8,18(14,6)7)16(20)22-15(21)11-17(3,4)5/h11-14,16,21H,9-10H2,1-8H3/b15-11+/t12-,13+,14-,16-,19-,20?/m0/s1. The third-order valence-electron chi connectivity index (χ3n) is 6.92. The minimum absolute atomic E-state index is 0.0177. The summed E-state index contributed by atoms with van der Waals surface area (Å²) in [6, 6.07) is 0. The van der Waals surface area contributed by atoms with Crippen LogP contribution in [0, 0.1) is 22.2 Å². The van der Waals surface area contributed by atoms with Gasteiger partial charge in [-0.15, -0.1) is 0 Å². The van der Waals surface area contributed by atoms with E-state index in [1.165, 1.54) is 0 Å². The Morgan fingerprint density at radius 3 is 2.17 bits per heavy atom. The van der Waals surface area contributed by atoms with Gasteiger partial charge in [0.05, 0.1) is 12.2 Å². The van der Waals surface area contributed by atoms with Gasteiger partial charge in [0.1, 0.15) is 0 Å². The molecule has 3 fully saturated rings. The maximum atomic E-state index is 10.5. The highest BCUT2D eigenvalue weighted by atomic mass is 16.8. The molecule has 4 heteroatoms. The second kappa shape index (κ2) is 5.14. The highest BCUT2D eigenvalue weighted by molar-refractivity contribution is 5.22. The molecule has 2 bridgehead atoms. The summed E-state index contributed by atoms with van der Waals surface area (Å²) in [5.74, 6) is -0.500. The minimum Gasteiger partial charge on any atom is -0.481 e. The number of aliphatic hydroxyl groups is 1. The zero-order valence-corrected chi connectivity index (χ0v) is 16.5. The molecule has 0 aromatic carbocycles. The molecule has 0 aromatic rings. The maximum absolute atomic E-state index is 10.5. The van der Waals surface area contributed by atoms with Gasteiger partial charge in [0, 0.05) is 17.4 Å². The van der Waals surface area contributed by atoms with Gasteiger partial charge in [-0.3, -0.25) is 0 Å². The molecular weight excluding hydrogens is 304 g/mol. The Morgan fingerprint density at radius 1 is 1.12 bits per heavy atom. The van der Waals surface area contributed by atoms with Crippen LogP contribution in [0.2, 0.25) is 0 Å². The monoisotopic (exact) mass is 338 g/mol. The van der Waals surface area contributed by atoms with Crippen LogP contribution in [0.3, 0.4) is 0 Å². The Hall–Kier alpha value is -0.740. The molecule has 0 amide bonds. The number of hydrogen-bond donors (Lipinski definition) is 1. The fourth-order valence-corrected chi connectivity index (χ4v) is 5.15. The lowest BCUT2D eigenvalue weighted by molar-refractivity contribution is -0.274. The number of allylic oxidation sites excluding steroid dienone is 1. The molecule has 3 rings (SSSR count). The number of ether oxygens (including phenoxy) is 3. The molecule has 1 aliphatic heterocycles. The Morgan fingerprint density at radius 2 is 1.67 bits per heavy atom. The summed E-state index contributed by atoms with van der Waals surface area (Å²) in [5, 5.41) is 10.5. The van der Waals surface area contributed by atoms with E-state index in [9.17, 15) is 5.11 Å². The van der Waals surface area contributed by atoms with E-state index in [0.29, 0.717) is 0 Å². The normalized spacial score (nSPS) is 47.6. The predicted octanol–water partition coefficient (Wildman–Crippen LogP) is 4.79.